The Labute approximate surface area is 115 Å². The van der Waals surface area contributed by atoms with Crippen molar-refractivity contribution in [3.05, 3.63) is 23.4 Å². The number of anilines is 1. The molecule has 1 rings (SSSR count). The maximum Gasteiger partial charge on any atom is 0.253 e. The third kappa shape index (κ3) is 4.87. The summed E-state index contributed by atoms with van der Waals surface area (Å²) in [5.41, 5.74) is 1.49. The summed E-state index contributed by atoms with van der Waals surface area (Å²) in [4.78, 5) is 18.3. The zero-order chi connectivity index (χ0) is 14.3. The number of nitrogens with one attached hydrogen (secondary N) is 1. The van der Waals surface area contributed by atoms with Crippen molar-refractivity contribution in [1.29, 1.82) is 0 Å². The Bertz CT molecular complexity index is 421. The number of carbonyl (C=O) groups excluding carboxylic acids is 1. The van der Waals surface area contributed by atoms with Gasteiger partial charge in [-0.2, -0.15) is 0 Å². The number of carbonyl (C=O) groups is 1. The number of rotatable bonds is 7. The molecule has 1 N–H and O–H groups in total. The van der Waals surface area contributed by atoms with Crippen molar-refractivity contribution in [1.82, 2.24) is 9.88 Å². The minimum absolute atomic E-state index is 0.0119. The van der Waals surface area contributed by atoms with E-state index in [-0.39, 0.29) is 5.91 Å². The van der Waals surface area contributed by atoms with Gasteiger partial charge in [-0.05, 0) is 25.5 Å². The highest BCUT2D eigenvalue weighted by molar-refractivity contribution is 5.94. The highest BCUT2D eigenvalue weighted by Gasteiger charge is 2.13. The van der Waals surface area contributed by atoms with Gasteiger partial charge in [0.2, 0.25) is 0 Å². The molecule has 0 aromatic carbocycles. The Kier molecular flexibility index (Phi) is 6.29. The zero-order valence-corrected chi connectivity index (χ0v) is 12.2. The van der Waals surface area contributed by atoms with Crippen LogP contribution in [0.25, 0.3) is 0 Å². The average Bonchev–Trinajstić information content (AvgIpc) is 2.41. The number of nitrogens with zero attached hydrogens (tertiary/aromatic N) is 2. The van der Waals surface area contributed by atoms with Gasteiger partial charge in [0.15, 0.2) is 0 Å². The number of amides is 1. The molecule has 0 bridgehead atoms. The summed E-state index contributed by atoms with van der Waals surface area (Å²) in [6.45, 7) is 5.95. The van der Waals surface area contributed by atoms with Crippen LogP contribution in [-0.4, -0.2) is 49.6 Å². The lowest BCUT2D eigenvalue weighted by molar-refractivity contribution is 0.0744. The van der Waals surface area contributed by atoms with E-state index in [0.29, 0.717) is 18.7 Å². The minimum Gasteiger partial charge on any atom is -0.383 e. The van der Waals surface area contributed by atoms with Crippen LogP contribution in [0.3, 0.4) is 0 Å². The topological polar surface area (TPSA) is 54.5 Å². The van der Waals surface area contributed by atoms with Crippen LogP contribution >= 0.6 is 0 Å². The van der Waals surface area contributed by atoms with E-state index in [1.807, 2.05) is 13.0 Å². The van der Waals surface area contributed by atoms with Gasteiger partial charge >= 0.3 is 0 Å². The zero-order valence-electron chi connectivity index (χ0n) is 12.2. The second-order valence-electron chi connectivity index (χ2n) is 4.53. The average molecular weight is 265 g/mol. The second kappa shape index (κ2) is 7.74. The molecule has 1 amide bonds. The number of hydrogen-bond donors (Lipinski definition) is 1. The molecule has 0 unspecified atom stereocenters. The molecule has 19 heavy (non-hydrogen) atoms. The molecular formula is C14H23N3O2. The number of pyridine rings is 1. The molecule has 0 fully saturated rings. The van der Waals surface area contributed by atoms with Gasteiger partial charge in [0, 0.05) is 38.5 Å². The second-order valence-corrected chi connectivity index (χ2v) is 4.53. The van der Waals surface area contributed by atoms with Gasteiger partial charge in [-0.3, -0.25) is 4.79 Å². The number of likely N-dealkylation sites (N-methyl/N-ethyl adjacent to an activating group) is 1. The summed E-state index contributed by atoms with van der Waals surface area (Å²) < 4.78 is 4.98. The summed E-state index contributed by atoms with van der Waals surface area (Å²) in [5.74, 6) is 0.743. The number of aryl methyl sites for hydroxylation is 1. The van der Waals surface area contributed by atoms with Gasteiger partial charge in [-0.15, -0.1) is 0 Å². The Hall–Kier alpha value is -1.62. The van der Waals surface area contributed by atoms with Gasteiger partial charge in [0.25, 0.3) is 5.91 Å². The fourth-order valence-corrected chi connectivity index (χ4v) is 1.69. The first kappa shape index (κ1) is 15.4. The fourth-order valence-electron chi connectivity index (χ4n) is 1.69. The molecule has 0 atom stereocenters. The van der Waals surface area contributed by atoms with E-state index in [9.17, 15) is 4.79 Å². The highest BCUT2D eigenvalue weighted by Crippen LogP contribution is 2.12. The van der Waals surface area contributed by atoms with Crippen LogP contribution in [-0.2, 0) is 4.74 Å². The first-order valence-corrected chi connectivity index (χ1v) is 6.55. The monoisotopic (exact) mass is 265 g/mol. The Morgan fingerprint density at radius 3 is 2.84 bits per heavy atom. The maximum atomic E-state index is 12.2. The van der Waals surface area contributed by atoms with Crippen molar-refractivity contribution < 1.29 is 9.53 Å². The molecule has 5 heteroatoms. The van der Waals surface area contributed by atoms with Crippen LogP contribution in [0.2, 0.25) is 0 Å². The van der Waals surface area contributed by atoms with E-state index in [4.69, 9.17) is 4.74 Å². The summed E-state index contributed by atoms with van der Waals surface area (Å²) in [6.07, 6.45) is 1.02. The molecule has 0 aliphatic rings. The third-order valence-corrected chi connectivity index (χ3v) is 2.73. The van der Waals surface area contributed by atoms with Crippen LogP contribution in [0.15, 0.2) is 12.1 Å². The largest absolute Gasteiger partial charge is 0.383 e. The molecule has 1 aromatic heterocycles. The molecule has 5 nitrogen and oxygen atoms in total. The Balaban J connectivity index is 2.81. The van der Waals surface area contributed by atoms with E-state index in [1.165, 1.54) is 0 Å². The third-order valence-electron chi connectivity index (χ3n) is 2.73. The van der Waals surface area contributed by atoms with E-state index in [2.05, 4.69) is 17.2 Å². The Morgan fingerprint density at radius 1 is 1.47 bits per heavy atom. The van der Waals surface area contributed by atoms with Crippen LogP contribution in [0.1, 0.15) is 29.4 Å². The first-order chi connectivity index (χ1) is 9.08. The van der Waals surface area contributed by atoms with Crippen LogP contribution < -0.4 is 5.32 Å². The normalized spacial score (nSPS) is 10.3. The smallest absolute Gasteiger partial charge is 0.253 e. The summed E-state index contributed by atoms with van der Waals surface area (Å²) in [7, 11) is 3.40. The SMILES string of the molecule is CCCNc1cc(C(=O)N(C)CCOC)cc(C)n1. The molecular weight excluding hydrogens is 242 g/mol. The summed E-state index contributed by atoms with van der Waals surface area (Å²) in [6, 6.07) is 3.61. The predicted molar refractivity (Wildman–Crippen MR) is 76.6 cm³/mol. The molecule has 1 aromatic rings. The molecule has 106 valence electrons. The minimum atomic E-state index is -0.0119. The Morgan fingerprint density at radius 2 is 2.21 bits per heavy atom. The van der Waals surface area contributed by atoms with Crippen molar-refractivity contribution in [2.45, 2.75) is 20.3 Å². The van der Waals surface area contributed by atoms with Crippen molar-refractivity contribution in [2.24, 2.45) is 0 Å². The predicted octanol–water partition coefficient (Wildman–Crippen LogP) is 1.93. The number of methoxy groups -OCH3 is 1. The van der Waals surface area contributed by atoms with E-state index >= 15 is 0 Å². The molecule has 0 spiro atoms. The lowest BCUT2D eigenvalue weighted by Crippen LogP contribution is -2.30. The summed E-state index contributed by atoms with van der Waals surface area (Å²) in [5, 5.41) is 3.21. The summed E-state index contributed by atoms with van der Waals surface area (Å²) >= 11 is 0. The van der Waals surface area contributed by atoms with Crippen molar-refractivity contribution in [3.63, 3.8) is 0 Å². The van der Waals surface area contributed by atoms with Crippen LogP contribution in [0, 0.1) is 6.92 Å². The molecule has 0 saturated heterocycles. The van der Waals surface area contributed by atoms with E-state index < -0.39 is 0 Å². The number of aromatic nitrogens is 1. The lowest BCUT2D eigenvalue weighted by Gasteiger charge is -2.17. The van der Waals surface area contributed by atoms with E-state index in [1.54, 1.807) is 25.1 Å². The first-order valence-electron chi connectivity index (χ1n) is 6.55. The van der Waals surface area contributed by atoms with Gasteiger partial charge < -0.3 is 15.0 Å². The molecule has 1 heterocycles. The van der Waals surface area contributed by atoms with Crippen molar-refractivity contribution in [2.75, 3.05) is 39.2 Å². The van der Waals surface area contributed by atoms with Gasteiger partial charge in [-0.25, -0.2) is 4.98 Å². The molecule has 0 aliphatic heterocycles. The maximum absolute atomic E-state index is 12.2. The van der Waals surface area contributed by atoms with Crippen molar-refractivity contribution in [3.8, 4) is 0 Å². The van der Waals surface area contributed by atoms with E-state index in [0.717, 1.165) is 24.5 Å². The number of hydrogen-bond acceptors (Lipinski definition) is 4. The van der Waals surface area contributed by atoms with Gasteiger partial charge in [0.05, 0.1) is 6.61 Å². The molecule has 0 saturated carbocycles. The molecule has 0 radical (unpaired) electrons. The lowest BCUT2D eigenvalue weighted by atomic mass is 10.2. The van der Waals surface area contributed by atoms with Gasteiger partial charge in [0.1, 0.15) is 5.82 Å². The fraction of sp³-hybridized carbons (Fsp3) is 0.571. The van der Waals surface area contributed by atoms with Gasteiger partial charge in [-0.1, -0.05) is 6.92 Å². The standard InChI is InChI=1S/C14H23N3O2/c1-5-6-15-13-10-12(9-11(2)16-13)14(18)17(3)7-8-19-4/h9-10H,5-8H2,1-4H3,(H,15,16). The van der Waals surface area contributed by atoms with Crippen molar-refractivity contribution >= 4 is 11.7 Å². The number of ether oxygens (including phenoxy) is 1. The molecule has 0 aliphatic carbocycles. The van der Waals surface area contributed by atoms with Crippen LogP contribution in [0.5, 0.6) is 0 Å². The quantitative estimate of drug-likeness (QED) is 0.818. The van der Waals surface area contributed by atoms with Crippen LogP contribution in [0.4, 0.5) is 5.82 Å². The highest BCUT2D eigenvalue weighted by atomic mass is 16.5.